The maximum Gasteiger partial charge on any atom is 0.179 e. The minimum Gasteiger partial charge on any atom is -0.378 e. The van der Waals surface area contributed by atoms with Gasteiger partial charge >= 0.3 is 0 Å². The normalized spacial score (nSPS) is 21.4. The number of rotatable bonds is 3. The van der Waals surface area contributed by atoms with Crippen LogP contribution in [0, 0.1) is 0 Å². The number of morpholine rings is 1. The summed E-state index contributed by atoms with van der Waals surface area (Å²) in [6.07, 6.45) is 0. The lowest BCUT2D eigenvalue weighted by Crippen LogP contribution is -2.45. The first kappa shape index (κ1) is 13.0. The molecule has 0 amide bonds. The summed E-state index contributed by atoms with van der Waals surface area (Å²) in [4.78, 5) is 0.355. The minimum atomic E-state index is -3.24. The van der Waals surface area contributed by atoms with Crippen molar-refractivity contribution in [3.05, 3.63) is 28.7 Å². The molecule has 0 aliphatic carbocycles. The summed E-state index contributed by atoms with van der Waals surface area (Å²) in [5.41, 5.74) is 0. The molecule has 1 unspecified atom stereocenters. The molecule has 0 radical (unpaired) electrons. The highest BCUT2D eigenvalue weighted by atomic mass is 79.9. The van der Waals surface area contributed by atoms with E-state index in [4.69, 9.17) is 4.74 Å². The highest BCUT2D eigenvalue weighted by Crippen LogP contribution is 2.16. The van der Waals surface area contributed by atoms with Gasteiger partial charge in [0, 0.05) is 17.1 Å². The van der Waals surface area contributed by atoms with E-state index in [1.165, 1.54) is 0 Å². The summed E-state index contributed by atoms with van der Waals surface area (Å²) in [5, 5.41) is 3.14. The molecule has 2 rings (SSSR count). The monoisotopic (exact) mass is 319 g/mol. The zero-order valence-corrected chi connectivity index (χ0v) is 11.6. The molecular formula is C11H14BrNO3S. The van der Waals surface area contributed by atoms with E-state index in [0.717, 1.165) is 4.47 Å². The molecule has 1 aliphatic rings. The molecule has 0 bridgehead atoms. The van der Waals surface area contributed by atoms with Gasteiger partial charge in [-0.15, -0.1) is 0 Å². The van der Waals surface area contributed by atoms with Crippen molar-refractivity contribution in [3.63, 3.8) is 0 Å². The smallest absolute Gasteiger partial charge is 0.179 e. The number of hydrogen-bond donors (Lipinski definition) is 1. The minimum absolute atomic E-state index is 0.0780. The molecule has 1 aromatic carbocycles. The van der Waals surface area contributed by atoms with Gasteiger partial charge in [0.2, 0.25) is 0 Å². The largest absolute Gasteiger partial charge is 0.378 e. The van der Waals surface area contributed by atoms with Gasteiger partial charge in [-0.25, -0.2) is 8.42 Å². The zero-order valence-electron chi connectivity index (χ0n) is 9.23. The summed E-state index contributed by atoms with van der Waals surface area (Å²) in [5.74, 6) is 0.0780. The van der Waals surface area contributed by atoms with Gasteiger partial charge in [0.1, 0.15) is 0 Å². The van der Waals surface area contributed by atoms with Gasteiger partial charge in [-0.3, -0.25) is 0 Å². The summed E-state index contributed by atoms with van der Waals surface area (Å²) < 4.78 is 30.3. The number of halogens is 1. The van der Waals surface area contributed by atoms with E-state index in [0.29, 0.717) is 24.7 Å². The Morgan fingerprint density at radius 1 is 1.35 bits per heavy atom. The lowest BCUT2D eigenvalue weighted by atomic mass is 10.3. The topological polar surface area (TPSA) is 55.4 Å². The second-order valence-electron chi connectivity index (χ2n) is 3.96. The molecular weight excluding hydrogens is 306 g/mol. The predicted molar refractivity (Wildman–Crippen MR) is 68.8 cm³/mol. The van der Waals surface area contributed by atoms with Crippen LogP contribution in [0.4, 0.5) is 0 Å². The first-order valence-corrected chi connectivity index (χ1v) is 7.82. The van der Waals surface area contributed by atoms with Crippen LogP contribution >= 0.6 is 15.9 Å². The first-order valence-electron chi connectivity index (χ1n) is 5.37. The van der Waals surface area contributed by atoms with E-state index < -0.39 is 9.84 Å². The van der Waals surface area contributed by atoms with Crippen LogP contribution in [0.3, 0.4) is 0 Å². The Bertz CT molecular complexity index is 466. The van der Waals surface area contributed by atoms with Crippen molar-refractivity contribution in [2.45, 2.75) is 10.9 Å². The summed E-state index contributed by atoms with van der Waals surface area (Å²) in [6, 6.07) is 6.58. The maximum absolute atomic E-state index is 12.1. The number of sulfone groups is 1. The van der Waals surface area contributed by atoms with Crippen molar-refractivity contribution in [2.75, 3.05) is 25.5 Å². The average Bonchev–Trinajstić information content (AvgIpc) is 2.30. The lowest BCUT2D eigenvalue weighted by Gasteiger charge is -2.23. The zero-order chi connectivity index (χ0) is 12.3. The van der Waals surface area contributed by atoms with Crippen LogP contribution in [-0.4, -0.2) is 40.0 Å². The van der Waals surface area contributed by atoms with Crippen molar-refractivity contribution >= 4 is 25.8 Å². The van der Waals surface area contributed by atoms with Crippen molar-refractivity contribution in [2.24, 2.45) is 0 Å². The van der Waals surface area contributed by atoms with E-state index in [1.807, 2.05) is 0 Å². The standard InChI is InChI=1S/C11H14BrNO3S/c12-9-1-3-11(4-2-9)17(14,15)8-10-7-16-6-5-13-10/h1-4,10,13H,5-8H2. The molecule has 0 aromatic heterocycles. The molecule has 1 aliphatic heterocycles. The van der Waals surface area contributed by atoms with Gasteiger partial charge in [0.05, 0.1) is 23.9 Å². The Morgan fingerprint density at radius 3 is 2.65 bits per heavy atom. The molecule has 1 heterocycles. The summed E-state index contributed by atoms with van der Waals surface area (Å²) in [7, 11) is -3.24. The number of ether oxygens (including phenoxy) is 1. The third-order valence-corrected chi connectivity index (χ3v) is 4.95. The maximum atomic E-state index is 12.1. The predicted octanol–water partition coefficient (Wildman–Crippen LogP) is 1.21. The van der Waals surface area contributed by atoms with Crippen LogP contribution in [0.5, 0.6) is 0 Å². The number of hydrogen-bond acceptors (Lipinski definition) is 4. The van der Waals surface area contributed by atoms with Crippen molar-refractivity contribution in [1.82, 2.24) is 5.32 Å². The van der Waals surface area contributed by atoms with E-state index in [9.17, 15) is 8.42 Å². The van der Waals surface area contributed by atoms with Crippen molar-refractivity contribution in [3.8, 4) is 0 Å². The van der Waals surface area contributed by atoms with Crippen molar-refractivity contribution < 1.29 is 13.2 Å². The fraction of sp³-hybridized carbons (Fsp3) is 0.455. The number of nitrogens with one attached hydrogen (secondary N) is 1. The second kappa shape index (κ2) is 5.48. The SMILES string of the molecule is O=S(=O)(CC1COCCN1)c1ccc(Br)cc1. The van der Waals surface area contributed by atoms with E-state index in [-0.39, 0.29) is 11.8 Å². The molecule has 0 saturated carbocycles. The van der Waals surface area contributed by atoms with E-state index in [2.05, 4.69) is 21.2 Å². The molecule has 6 heteroatoms. The molecule has 1 aromatic rings. The van der Waals surface area contributed by atoms with Crippen molar-refractivity contribution in [1.29, 1.82) is 0 Å². The quantitative estimate of drug-likeness (QED) is 0.910. The number of benzene rings is 1. The average molecular weight is 320 g/mol. The molecule has 1 fully saturated rings. The molecule has 94 valence electrons. The van der Waals surface area contributed by atoms with Crippen LogP contribution in [-0.2, 0) is 14.6 Å². The summed E-state index contributed by atoms with van der Waals surface area (Å²) >= 11 is 3.28. The third kappa shape index (κ3) is 3.51. The molecule has 1 saturated heterocycles. The summed E-state index contributed by atoms with van der Waals surface area (Å²) in [6.45, 7) is 1.81. The third-order valence-electron chi connectivity index (χ3n) is 2.59. The van der Waals surface area contributed by atoms with Gasteiger partial charge < -0.3 is 10.1 Å². The van der Waals surface area contributed by atoms with Gasteiger partial charge in [0.15, 0.2) is 9.84 Å². The van der Waals surface area contributed by atoms with Crippen LogP contribution in [0.15, 0.2) is 33.6 Å². The molecule has 1 N–H and O–H groups in total. The van der Waals surface area contributed by atoms with Gasteiger partial charge in [-0.2, -0.15) is 0 Å². The van der Waals surface area contributed by atoms with Crippen LogP contribution in [0.1, 0.15) is 0 Å². The Labute approximate surface area is 109 Å². The highest BCUT2D eigenvalue weighted by molar-refractivity contribution is 9.10. The van der Waals surface area contributed by atoms with Gasteiger partial charge in [-0.05, 0) is 24.3 Å². The Morgan fingerprint density at radius 2 is 2.06 bits per heavy atom. The van der Waals surface area contributed by atoms with Gasteiger partial charge in [0.25, 0.3) is 0 Å². The van der Waals surface area contributed by atoms with Crippen LogP contribution in [0.25, 0.3) is 0 Å². The first-order chi connectivity index (χ1) is 8.08. The Kier molecular flexibility index (Phi) is 4.19. The fourth-order valence-corrected chi connectivity index (χ4v) is 3.48. The fourth-order valence-electron chi connectivity index (χ4n) is 1.73. The van der Waals surface area contributed by atoms with Crippen LogP contribution < -0.4 is 5.32 Å². The lowest BCUT2D eigenvalue weighted by molar-refractivity contribution is 0.0832. The van der Waals surface area contributed by atoms with Crippen LogP contribution in [0.2, 0.25) is 0 Å². The Balaban J connectivity index is 2.10. The molecule has 4 nitrogen and oxygen atoms in total. The second-order valence-corrected chi connectivity index (χ2v) is 6.91. The molecule has 0 spiro atoms. The van der Waals surface area contributed by atoms with E-state index in [1.54, 1.807) is 24.3 Å². The van der Waals surface area contributed by atoms with Gasteiger partial charge in [-0.1, -0.05) is 15.9 Å². The Hall–Kier alpha value is -0.430. The molecule has 17 heavy (non-hydrogen) atoms. The van der Waals surface area contributed by atoms with E-state index >= 15 is 0 Å². The molecule has 1 atom stereocenters. The highest BCUT2D eigenvalue weighted by Gasteiger charge is 2.22.